The molecule has 1 heterocycles. The van der Waals surface area contributed by atoms with Crippen LogP contribution in [0.25, 0.3) is 0 Å². The number of rotatable bonds is 7. The van der Waals surface area contributed by atoms with E-state index in [4.69, 9.17) is 14.2 Å². The third kappa shape index (κ3) is 4.68. The molecule has 1 aliphatic rings. The van der Waals surface area contributed by atoms with Crippen molar-refractivity contribution < 1.29 is 29.2 Å². The van der Waals surface area contributed by atoms with Gasteiger partial charge in [0.1, 0.15) is 12.2 Å². The summed E-state index contributed by atoms with van der Waals surface area (Å²) in [6.07, 6.45) is -4.67. The van der Waals surface area contributed by atoms with Gasteiger partial charge in [-0.2, -0.15) is 0 Å². The summed E-state index contributed by atoms with van der Waals surface area (Å²) in [5.74, 6) is -0.870. The van der Waals surface area contributed by atoms with Gasteiger partial charge in [-0.15, -0.1) is 0 Å². The molecule has 0 aliphatic carbocycles. The van der Waals surface area contributed by atoms with Crippen LogP contribution in [-0.2, 0) is 32.2 Å². The van der Waals surface area contributed by atoms with Crippen molar-refractivity contribution in [3.05, 3.63) is 71.8 Å². The van der Waals surface area contributed by atoms with E-state index in [1.54, 1.807) is 0 Å². The van der Waals surface area contributed by atoms with E-state index < -0.39 is 30.4 Å². The van der Waals surface area contributed by atoms with Gasteiger partial charge in [0.2, 0.25) is 0 Å². The summed E-state index contributed by atoms with van der Waals surface area (Å²) in [6.45, 7) is 0.630. The second-order valence-electron chi connectivity index (χ2n) is 6.17. The zero-order chi connectivity index (χ0) is 18.4. The minimum absolute atomic E-state index is 0.0594. The number of benzene rings is 2. The fourth-order valence-electron chi connectivity index (χ4n) is 2.79. The van der Waals surface area contributed by atoms with E-state index in [-0.39, 0.29) is 13.2 Å². The molecule has 2 aromatic rings. The lowest BCUT2D eigenvalue weighted by atomic mass is 9.99. The lowest BCUT2D eigenvalue weighted by molar-refractivity contribution is -0.220. The van der Waals surface area contributed by atoms with Gasteiger partial charge in [-0.1, -0.05) is 60.7 Å². The van der Waals surface area contributed by atoms with Crippen molar-refractivity contribution in [2.75, 3.05) is 6.61 Å². The molecule has 2 N–H and O–H groups in total. The topological polar surface area (TPSA) is 85.2 Å². The molecule has 26 heavy (non-hydrogen) atoms. The summed E-state index contributed by atoms with van der Waals surface area (Å²) in [5, 5.41) is 20.0. The zero-order valence-electron chi connectivity index (χ0n) is 14.2. The number of hydrogen-bond acceptors (Lipinski definition) is 6. The first-order valence-corrected chi connectivity index (χ1v) is 8.49. The van der Waals surface area contributed by atoms with Crippen LogP contribution in [0.4, 0.5) is 0 Å². The predicted molar refractivity (Wildman–Crippen MR) is 93.0 cm³/mol. The van der Waals surface area contributed by atoms with Crippen molar-refractivity contribution in [2.24, 2.45) is 0 Å². The van der Waals surface area contributed by atoms with Gasteiger partial charge in [0.25, 0.3) is 0 Å². The minimum Gasteiger partial charge on any atom is -0.455 e. The molecule has 138 valence electrons. The molecule has 3 rings (SSSR count). The van der Waals surface area contributed by atoms with Crippen LogP contribution in [0.1, 0.15) is 11.1 Å². The van der Waals surface area contributed by atoms with Crippen LogP contribution >= 0.6 is 0 Å². The second kappa shape index (κ2) is 8.91. The van der Waals surface area contributed by atoms with Crippen molar-refractivity contribution >= 4 is 5.97 Å². The Hall–Kier alpha value is -2.25. The average molecular weight is 358 g/mol. The number of cyclic esters (lactones) is 1. The molecule has 0 amide bonds. The van der Waals surface area contributed by atoms with E-state index in [1.807, 2.05) is 60.7 Å². The van der Waals surface area contributed by atoms with Crippen molar-refractivity contribution in [1.82, 2.24) is 0 Å². The van der Waals surface area contributed by atoms with Crippen molar-refractivity contribution in [3.8, 4) is 0 Å². The Kier molecular flexibility index (Phi) is 6.35. The van der Waals surface area contributed by atoms with E-state index in [0.29, 0.717) is 6.61 Å². The molecule has 1 fully saturated rings. The third-order valence-electron chi connectivity index (χ3n) is 4.21. The van der Waals surface area contributed by atoms with Crippen LogP contribution in [-0.4, -0.2) is 47.2 Å². The van der Waals surface area contributed by atoms with E-state index in [2.05, 4.69) is 0 Å². The molecule has 0 aromatic heterocycles. The Morgan fingerprint density at radius 1 is 0.885 bits per heavy atom. The Balaban J connectivity index is 1.60. The second-order valence-corrected chi connectivity index (χ2v) is 6.17. The molecule has 1 saturated heterocycles. The zero-order valence-corrected chi connectivity index (χ0v) is 14.2. The highest BCUT2D eigenvalue weighted by Gasteiger charge is 2.45. The normalized spacial score (nSPS) is 25.7. The van der Waals surface area contributed by atoms with E-state index >= 15 is 0 Å². The Bertz CT molecular complexity index is 690. The van der Waals surface area contributed by atoms with Crippen LogP contribution in [0.3, 0.4) is 0 Å². The van der Waals surface area contributed by atoms with Crippen LogP contribution in [0.2, 0.25) is 0 Å². The first kappa shape index (κ1) is 18.5. The van der Waals surface area contributed by atoms with Gasteiger partial charge in [0.15, 0.2) is 12.2 Å². The first-order chi connectivity index (χ1) is 12.6. The largest absolute Gasteiger partial charge is 0.455 e. The lowest BCUT2D eigenvalue weighted by Crippen LogP contribution is -2.57. The number of carbonyl (C=O) groups is 1. The van der Waals surface area contributed by atoms with Gasteiger partial charge < -0.3 is 24.4 Å². The summed E-state index contributed by atoms with van der Waals surface area (Å²) in [5.41, 5.74) is 1.90. The molecule has 0 saturated carbocycles. The molecule has 4 atom stereocenters. The summed E-state index contributed by atoms with van der Waals surface area (Å²) in [4.78, 5) is 11.7. The molecule has 0 bridgehead atoms. The maximum absolute atomic E-state index is 11.7. The monoisotopic (exact) mass is 358 g/mol. The molecule has 0 unspecified atom stereocenters. The molecule has 2 aromatic carbocycles. The molecule has 0 radical (unpaired) electrons. The van der Waals surface area contributed by atoms with Crippen LogP contribution in [0, 0.1) is 0 Å². The lowest BCUT2D eigenvalue weighted by Gasteiger charge is -2.37. The van der Waals surface area contributed by atoms with Gasteiger partial charge >= 0.3 is 5.97 Å². The van der Waals surface area contributed by atoms with Crippen LogP contribution in [0.15, 0.2) is 60.7 Å². The number of aliphatic hydroxyl groups is 2. The van der Waals surface area contributed by atoms with Crippen LogP contribution < -0.4 is 0 Å². The fraction of sp³-hybridized carbons (Fsp3) is 0.350. The third-order valence-corrected chi connectivity index (χ3v) is 4.21. The summed E-state index contributed by atoms with van der Waals surface area (Å²) in [6, 6.07) is 19.0. The fourth-order valence-corrected chi connectivity index (χ4v) is 2.79. The highest BCUT2D eigenvalue weighted by Crippen LogP contribution is 2.22. The molecule has 1 aliphatic heterocycles. The Morgan fingerprint density at radius 3 is 2.08 bits per heavy atom. The number of ether oxygens (including phenoxy) is 3. The van der Waals surface area contributed by atoms with Crippen molar-refractivity contribution in [2.45, 2.75) is 37.6 Å². The predicted octanol–water partition coefficient (Wildman–Crippen LogP) is 1.44. The van der Waals surface area contributed by atoms with Gasteiger partial charge in [-0.3, -0.25) is 0 Å². The van der Waals surface area contributed by atoms with Gasteiger partial charge in [0, 0.05) is 0 Å². The van der Waals surface area contributed by atoms with E-state index in [9.17, 15) is 15.0 Å². The van der Waals surface area contributed by atoms with Gasteiger partial charge in [0.05, 0.1) is 19.8 Å². The number of carbonyl (C=O) groups excluding carboxylic acids is 1. The number of hydrogen-bond donors (Lipinski definition) is 2. The average Bonchev–Trinajstić information content (AvgIpc) is 2.67. The van der Waals surface area contributed by atoms with Crippen molar-refractivity contribution in [1.29, 1.82) is 0 Å². The van der Waals surface area contributed by atoms with E-state index in [0.717, 1.165) is 11.1 Å². The quantitative estimate of drug-likeness (QED) is 0.729. The smallest absolute Gasteiger partial charge is 0.338 e. The Labute approximate surface area is 151 Å². The number of aliphatic hydroxyl groups excluding tert-OH is 2. The SMILES string of the molecule is O=C1O[C@@H](COCc2ccccc2)[C@H](OCc2ccccc2)[C@H](O)[C@H]1O. The van der Waals surface area contributed by atoms with E-state index in [1.165, 1.54) is 0 Å². The highest BCUT2D eigenvalue weighted by molar-refractivity contribution is 5.76. The van der Waals surface area contributed by atoms with Gasteiger partial charge in [-0.25, -0.2) is 4.79 Å². The number of esters is 1. The molecule has 6 heteroatoms. The molecular weight excluding hydrogens is 336 g/mol. The molecule has 6 nitrogen and oxygen atoms in total. The highest BCUT2D eigenvalue weighted by atomic mass is 16.6. The maximum atomic E-state index is 11.7. The minimum atomic E-state index is -1.62. The first-order valence-electron chi connectivity index (χ1n) is 8.49. The van der Waals surface area contributed by atoms with Gasteiger partial charge in [-0.05, 0) is 11.1 Å². The summed E-state index contributed by atoms with van der Waals surface area (Å²) in [7, 11) is 0. The molecular formula is C20H22O6. The van der Waals surface area contributed by atoms with Crippen LogP contribution in [0.5, 0.6) is 0 Å². The maximum Gasteiger partial charge on any atom is 0.338 e. The molecule has 0 spiro atoms. The standard InChI is InChI=1S/C20H22O6/c21-17-18(22)20(23)26-16(13-24-11-14-7-3-1-4-8-14)19(17)25-12-15-9-5-2-6-10-15/h1-10,16-19,21-22H,11-13H2/t16-,17+,18+,19-/m0/s1. The summed E-state index contributed by atoms with van der Waals surface area (Å²) >= 11 is 0. The Morgan fingerprint density at radius 2 is 1.46 bits per heavy atom. The van der Waals surface area contributed by atoms with Crippen molar-refractivity contribution in [3.63, 3.8) is 0 Å². The summed E-state index contributed by atoms with van der Waals surface area (Å²) < 4.78 is 16.6.